The van der Waals surface area contributed by atoms with E-state index in [0.29, 0.717) is 29.5 Å². The summed E-state index contributed by atoms with van der Waals surface area (Å²) in [5.41, 5.74) is 1.30. The van der Waals surface area contributed by atoms with Crippen molar-refractivity contribution in [3.63, 3.8) is 0 Å². The first-order chi connectivity index (χ1) is 8.60. The van der Waals surface area contributed by atoms with Crippen LogP contribution in [-0.2, 0) is 0 Å². The van der Waals surface area contributed by atoms with Crippen LogP contribution in [0.25, 0.3) is 0 Å². The minimum atomic E-state index is 0.435. The van der Waals surface area contributed by atoms with Gasteiger partial charge in [0.25, 0.3) is 0 Å². The highest BCUT2D eigenvalue weighted by Gasteiger charge is 2.14. The van der Waals surface area contributed by atoms with E-state index < -0.39 is 0 Å². The van der Waals surface area contributed by atoms with Gasteiger partial charge in [-0.3, -0.25) is 0 Å². The Bertz CT molecular complexity index is 483. The van der Waals surface area contributed by atoms with Gasteiger partial charge in [0, 0.05) is 13.1 Å². The predicted molar refractivity (Wildman–Crippen MR) is 73.4 cm³/mol. The van der Waals surface area contributed by atoms with Crippen molar-refractivity contribution in [2.45, 2.75) is 20.3 Å². The maximum Gasteiger partial charge on any atom is 0.103 e. The number of benzene rings is 1. The van der Waals surface area contributed by atoms with Crippen LogP contribution < -0.4 is 4.90 Å². The summed E-state index contributed by atoms with van der Waals surface area (Å²) in [6.07, 6.45) is 0.435. The fraction of sp³-hybridized carbons (Fsp3) is 0.429. The second-order valence-electron chi connectivity index (χ2n) is 4.49. The SMILES string of the molecule is CC(C)CN(CCC#N)c1cccc(Cl)c1C#N. The average molecular weight is 262 g/mol. The number of hydrogen-bond donors (Lipinski definition) is 0. The van der Waals surface area contributed by atoms with Crippen LogP contribution in [0.15, 0.2) is 18.2 Å². The molecule has 0 aliphatic heterocycles. The van der Waals surface area contributed by atoms with E-state index in [1.807, 2.05) is 12.1 Å². The van der Waals surface area contributed by atoms with Crippen molar-refractivity contribution in [3.05, 3.63) is 28.8 Å². The minimum absolute atomic E-state index is 0.435. The first-order valence-corrected chi connectivity index (χ1v) is 6.28. The zero-order valence-corrected chi connectivity index (χ0v) is 11.4. The molecule has 0 aliphatic rings. The Morgan fingerprint density at radius 2 is 2.06 bits per heavy atom. The van der Waals surface area contributed by atoms with Gasteiger partial charge in [0.2, 0.25) is 0 Å². The molecule has 94 valence electrons. The molecule has 18 heavy (non-hydrogen) atoms. The van der Waals surface area contributed by atoms with Crippen molar-refractivity contribution in [2.75, 3.05) is 18.0 Å². The number of halogens is 1. The number of nitriles is 2. The number of nitrogens with zero attached hydrogens (tertiary/aromatic N) is 3. The second kappa shape index (κ2) is 6.89. The molecule has 1 aromatic carbocycles. The molecule has 0 spiro atoms. The summed E-state index contributed by atoms with van der Waals surface area (Å²) in [7, 11) is 0. The molecule has 1 rings (SSSR count). The molecule has 0 saturated heterocycles. The first-order valence-electron chi connectivity index (χ1n) is 5.90. The Morgan fingerprint density at radius 3 is 2.61 bits per heavy atom. The molecule has 0 N–H and O–H groups in total. The highest BCUT2D eigenvalue weighted by atomic mass is 35.5. The lowest BCUT2D eigenvalue weighted by Gasteiger charge is -2.27. The highest BCUT2D eigenvalue weighted by molar-refractivity contribution is 6.32. The van der Waals surface area contributed by atoms with Gasteiger partial charge in [-0.05, 0) is 18.1 Å². The minimum Gasteiger partial charge on any atom is -0.369 e. The summed E-state index contributed by atoms with van der Waals surface area (Å²) in [6.45, 7) is 5.63. The van der Waals surface area contributed by atoms with Crippen molar-refractivity contribution < 1.29 is 0 Å². The maximum absolute atomic E-state index is 9.18. The molecule has 0 amide bonds. The summed E-state index contributed by atoms with van der Waals surface area (Å²) in [5, 5.41) is 18.4. The zero-order chi connectivity index (χ0) is 13.5. The third-order valence-electron chi connectivity index (χ3n) is 2.52. The molecule has 0 aromatic heterocycles. The van der Waals surface area contributed by atoms with Gasteiger partial charge < -0.3 is 4.90 Å². The topological polar surface area (TPSA) is 50.8 Å². The smallest absolute Gasteiger partial charge is 0.103 e. The van der Waals surface area contributed by atoms with Crippen LogP contribution in [0, 0.1) is 28.6 Å². The van der Waals surface area contributed by atoms with Crippen LogP contribution in [0.1, 0.15) is 25.8 Å². The third kappa shape index (κ3) is 3.65. The molecule has 0 radical (unpaired) electrons. The Labute approximate surface area is 113 Å². The monoisotopic (exact) mass is 261 g/mol. The molecule has 3 nitrogen and oxygen atoms in total. The molecule has 0 heterocycles. The van der Waals surface area contributed by atoms with Gasteiger partial charge in [-0.25, -0.2) is 0 Å². The van der Waals surface area contributed by atoms with Gasteiger partial charge in [-0.2, -0.15) is 10.5 Å². The molecular weight excluding hydrogens is 246 g/mol. The van der Waals surface area contributed by atoms with E-state index >= 15 is 0 Å². The summed E-state index contributed by atoms with van der Waals surface area (Å²) in [5.74, 6) is 0.453. The van der Waals surface area contributed by atoms with Crippen molar-refractivity contribution in [2.24, 2.45) is 5.92 Å². The quantitative estimate of drug-likeness (QED) is 0.814. The summed E-state index contributed by atoms with van der Waals surface area (Å²) in [4.78, 5) is 2.05. The molecule has 0 fully saturated rings. The largest absolute Gasteiger partial charge is 0.369 e. The molecule has 0 bridgehead atoms. The van der Waals surface area contributed by atoms with Crippen molar-refractivity contribution >= 4 is 17.3 Å². The lowest BCUT2D eigenvalue weighted by atomic mass is 10.1. The molecular formula is C14H16ClN3. The molecule has 0 atom stereocenters. The van der Waals surface area contributed by atoms with Crippen molar-refractivity contribution in [3.8, 4) is 12.1 Å². The van der Waals surface area contributed by atoms with E-state index in [1.165, 1.54) is 0 Å². The standard InChI is InChI=1S/C14H16ClN3/c1-11(2)10-18(8-4-7-16)14-6-3-5-13(15)12(14)9-17/h3,5-6,11H,4,8,10H2,1-2H3. The molecule has 1 aromatic rings. The maximum atomic E-state index is 9.18. The molecule has 0 saturated carbocycles. The van der Waals surface area contributed by atoms with Crippen LogP contribution >= 0.6 is 11.6 Å². The van der Waals surface area contributed by atoms with Gasteiger partial charge in [-0.15, -0.1) is 0 Å². The van der Waals surface area contributed by atoms with Crippen molar-refractivity contribution in [1.82, 2.24) is 0 Å². The third-order valence-corrected chi connectivity index (χ3v) is 2.84. The normalized spacial score (nSPS) is 9.89. The lowest BCUT2D eigenvalue weighted by Crippen LogP contribution is -2.29. The van der Waals surface area contributed by atoms with Crippen LogP contribution in [0.2, 0.25) is 5.02 Å². The van der Waals surface area contributed by atoms with Gasteiger partial charge in [-0.1, -0.05) is 31.5 Å². The highest BCUT2D eigenvalue weighted by Crippen LogP contribution is 2.27. The van der Waals surface area contributed by atoms with E-state index in [1.54, 1.807) is 6.07 Å². The van der Waals surface area contributed by atoms with Gasteiger partial charge in [0.1, 0.15) is 6.07 Å². The number of anilines is 1. The van der Waals surface area contributed by atoms with Crippen LogP contribution in [-0.4, -0.2) is 13.1 Å². The zero-order valence-electron chi connectivity index (χ0n) is 10.7. The van der Waals surface area contributed by atoms with E-state index in [2.05, 4.69) is 30.9 Å². The lowest BCUT2D eigenvalue weighted by molar-refractivity contribution is 0.612. The second-order valence-corrected chi connectivity index (χ2v) is 4.90. The van der Waals surface area contributed by atoms with E-state index in [-0.39, 0.29) is 0 Å². The van der Waals surface area contributed by atoms with E-state index in [4.69, 9.17) is 16.9 Å². The summed E-state index contributed by atoms with van der Waals surface area (Å²) < 4.78 is 0. The van der Waals surface area contributed by atoms with Gasteiger partial charge in [0.05, 0.1) is 28.8 Å². The summed E-state index contributed by atoms with van der Waals surface area (Å²) in [6, 6.07) is 9.69. The molecule has 4 heteroatoms. The average Bonchev–Trinajstić information content (AvgIpc) is 2.33. The Morgan fingerprint density at radius 1 is 1.33 bits per heavy atom. The van der Waals surface area contributed by atoms with Crippen LogP contribution in [0.3, 0.4) is 0 Å². The van der Waals surface area contributed by atoms with E-state index in [0.717, 1.165) is 12.2 Å². The molecule has 0 aliphatic carbocycles. The van der Waals surface area contributed by atoms with Crippen LogP contribution in [0.4, 0.5) is 5.69 Å². The fourth-order valence-electron chi connectivity index (χ4n) is 1.82. The van der Waals surface area contributed by atoms with Gasteiger partial charge in [0.15, 0.2) is 0 Å². The molecule has 0 unspecified atom stereocenters. The Hall–Kier alpha value is -1.71. The fourth-order valence-corrected chi connectivity index (χ4v) is 2.03. The van der Waals surface area contributed by atoms with E-state index in [9.17, 15) is 5.26 Å². The number of rotatable bonds is 5. The predicted octanol–water partition coefficient (Wildman–Crippen LogP) is 3.59. The van der Waals surface area contributed by atoms with Gasteiger partial charge >= 0.3 is 0 Å². The number of hydrogen-bond acceptors (Lipinski definition) is 3. The first kappa shape index (κ1) is 14.4. The Kier molecular flexibility index (Phi) is 5.49. The summed E-state index contributed by atoms with van der Waals surface area (Å²) >= 11 is 6.03. The van der Waals surface area contributed by atoms with Crippen LogP contribution in [0.5, 0.6) is 0 Å². The Balaban J connectivity index is 3.09. The van der Waals surface area contributed by atoms with Crippen molar-refractivity contribution in [1.29, 1.82) is 10.5 Å².